The number of hydrogen-bond acceptors (Lipinski definition) is 4. The third kappa shape index (κ3) is 4.05. The van der Waals surface area contributed by atoms with Gasteiger partial charge in [-0.1, -0.05) is 0 Å². The van der Waals surface area contributed by atoms with Gasteiger partial charge in [-0.3, -0.25) is 4.84 Å². The van der Waals surface area contributed by atoms with Crippen LogP contribution in [0.25, 0.3) is 0 Å². The molecule has 0 aliphatic heterocycles. The Balaban J connectivity index is 2.37. The van der Waals surface area contributed by atoms with E-state index in [4.69, 9.17) is 15.5 Å². The number of nitrogens with two attached hydrogens (primary N) is 1. The molecule has 0 radical (unpaired) electrons. The second-order valence-corrected chi connectivity index (χ2v) is 4.86. The van der Waals surface area contributed by atoms with Crippen LogP contribution in [0.3, 0.4) is 0 Å². The predicted octanol–water partition coefficient (Wildman–Crippen LogP) is 1.32. The summed E-state index contributed by atoms with van der Waals surface area (Å²) in [4.78, 5) is 16.2. The quantitative estimate of drug-likeness (QED) is 0.683. The molecule has 88 valence electrons. The molecule has 15 heavy (non-hydrogen) atoms. The lowest BCUT2D eigenvalue weighted by Crippen LogP contribution is -2.44. The molecule has 2 unspecified atom stereocenters. The number of amides is 1. The number of ether oxygens (including phenoxy) is 1. The van der Waals surface area contributed by atoms with Crippen LogP contribution >= 0.6 is 0 Å². The second kappa shape index (κ2) is 4.81. The molecule has 1 fully saturated rings. The largest absolute Gasteiger partial charge is 0.444 e. The molecule has 0 bridgehead atoms. The third-order valence-corrected chi connectivity index (χ3v) is 2.33. The number of nitrogens with one attached hydrogen (secondary N) is 1. The van der Waals surface area contributed by atoms with E-state index in [2.05, 4.69) is 5.32 Å². The number of hydrogen-bond donors (Lipinski definition) is 2. The minimum atomic E-state index is -0.470. The van der Waals surface area contributed by atoms with Crippen LogP contribution in [0.1, 0.15) is 40.0 Å². The summed E-state index contributed by atoms with van der Waals surface area (Å²) in [5.41, 5.74) is -0.470. The molecular weight excluding hydrogens is 196 g/mol. The molecule has 0 spiro atoms. The monoisotopic (exact) mass is 216 g/mol. The first kappa shape index (κ1) is 12.3. The minimum Gasteiger partial charge on any atom is -0.444 e. The number of carbonyl (C=O) groups excluding carboxylic acids is 1. The van der Waals surface area contributed by atoms with Crippen LogP contribution < -0.4 is 11.2 Å². The molecular formula is C10H20N2O3. The molecule has 0 aromatic rings. The molecule has 1 aliphatic rings. The first-order valence-electron chi connectivity index (χ1n) is 5.27. The van der Waals surface area contributed by atoms with E-state index in [1.165, 1.54) is 0 Å². The first-order valence-corrected chi connectivity index (χ1v) is 5.27. The summed E-state index contributed by atoms with van der Waals surface area (Å²) in [6.45, 7) is 5.49. The van der Waals surface area contributed by atoms with Crippen molar-refractivity contribution < 1.29 is 14.4 Å². The van der Waals surface area contributed by atoms with Crippen molar-refractivity contribution in [1.82, 2.24) is 5.32 Å². The lowest BCUT2D eigenvalue weighted by Gasteiger charge is -2.23. The molecule has 5 nitrogen and oxygen atoms in total. The van der Waals surface area contributed by atoms with Crippen molar-refractivity contribution in [1.29, 1.82) is 0 Å². The average Bonchev–Trinajstić information content (AvgIpc) is 2.48. The molecule has 0 heterocycles. The standard InChI is InChI=1S/C10H20N2O3/c1-10(2,3)14-9(13)12-7-5-4-6-8(7)15-11/h7-8H,4-6,11H2,1-3H3,(H,12,13). The highest BCUT2D eigenvalue weighted by atomic mass is 16.6. The summed E-state index contributed by atoms with van der Waals surface area (Å²) in [5.74, 6) is 5.14. The zero-order chi connectivity index (χ0) is 11.5. The summed E-state index contributed by atoms with van der Waals surface area (Å²) in [6, 6.07) is -0.0233. The third-order valence-electron chi connectivity index (χ3n) is 2.33. The predicted molar refractivity (Wildman–Crippen MR) is 56.1 cm³/mol. The molecule has 1 saturated carbocycles. The zero-order valence-electron chi connectivity index (χ0n) is 9.58. The van der Waals surface area contributed by atoms with Crippen molar-refractivity contribution >= 4 is 6.09 Å². The van der Waals surface area contributed by atoms with Crippen LogP contribution in [0.5, 0.6) is 0 Å². The SMILES string of the molecule is CC(C)(C)OC(=O)NC1CCCC1ON. The highest BCUT2D eigenvalue weighted by molar-refractivity contribution is 5.68. The average molecular weight is 216 g/mol. The van der Waals surface area contributed by atoms with Crippen molar-refractivity contribution in [2.24, 2.45) is 5.90 Å². The van der Waals surface area contributed by atoms with Crippen molar-refractivity contribution in [2.45, 2.75) is 57.8 Å². The van der Waals surface area contributed by atoms with Gasteiger partial charge in [-0.2, -0.15) is 0 Å². The molecule has 5 heteroatoms. The van der Waals surface area contributed by atoms with Gasteiger partial charge in [0.2, 0.25) is 0 Å². The van der Waals surface area contributed by atoms with Crippen LogP contribution in [0, 0.1) is 0 Å². The van der Waals surface area contributed by atoms with Gasteiger partial charge in [0.15, 0.2) is 0 Å². The van der Waals surface area contributed by atoms with Gasteiger partial charge in [0, 0.05) is 0 Å². The molecule has 2 atom stereocenters. The van der Waals surface area contributed by atoms with Gasteiger partial charge in [0.25, 0.3) is 0 Å². The summed E-state index contributed by atoms with van der Waals surface area (Å²) >= 11 is 0. The van der Waals surface area contributed by atoms with Gasteiger partial charge < -0.3 is 10.1 Å². The lowest BCUT2D eigenvalue weighted by molar-refractivity contribution is 0.0237. The van der Waals surface area contributed by atoms with E-state index < -0.39 is 11.7 Å². The summed E-state index contributed by atoms with van der Waals surface area (Å²) in [5, 5.41) is 2.77. The molecule has 0 saturated heterocycles. The Morgan fingerprint density at radius 2 is 2.07 bits per heavy atom. The second-order valence-electron chi connectivity index (χ2n) is 4.86. The van der Waals surface area contributed by atoms with Crippen LogP contribution in [0.2, 0.25) is 0 Å². The van der Waals surface area contributed by atoms with Gasteiger partial charge in [-0.15, -0.1) is 0 Å². The van der Waals surface area contributed by atoms with Gasteiger partial charge in [-0.25, -0.2) is 10.7 Å². The van der Waals surface area contributed by atoms with Gasteiger partial charge in [0.05, 0.1) is 12.1 Å². The van der Waals surface area contributed by atoms with Crippen molar-refractivity contribution in [3.05, 3.63) is 0 Å². The lowest BCUT2D eigenvalue weighted by atomic mass is 10.2. The first-order chi connectivity index (χ1) is 6.92. The normalized spacial score (nSPS) is 26.4. The Kier molecular flexibility index (Phi) is 3.93. The maximum atomic E-state index is 11.4. The smallest absolute Gasteiger partial charge is 0.407 e. The highest BCUT2D eigenvalue weighted by Gasteiger charge is 2.30. The summed E-state index contributed by atoms with van der Waals surface area (Å²) < 4.78 is 5.15. The van der Waals surface area contributed by atoms with Crippen LogP contribution in [0.4, 0.5) is 4.79 Å². The highest BCUT2D eigenvalue weighted by Crippen LogP contribution is 2.21. The van der Waals surface area contributed by atoms with Gasteiger partial charge in [0.1, 0.15) is 5.60 Å². The minimum absolute atomic E-state index is 0.0233. The van der Waals surface area contributed by atoms with Gasteiger partial charge >= 0.3 is 6.09 Å². The zero-order valence-corrected chi connectivity index (χ0v) is 9.58. The van der Waals surface area contributed by atoms with Crippen LogP contribution in [-0.2, 0) is 9.57 Å². The molecule has 1 amide bonds. The summed E-state index contributed by atoms with van der Waals surface area (Å²) in [7, 11) is 0. The fourth-order valence-corrected chi connectivity index (χ4v) is 1.71. The fourth-order valence-electron chi connectivity index (χ4n) is 1.71. The van der Waals surface area contributed by atoms with Crippen molar-refractivity contribution in [2.75, 3.05) is 0 Å². The molecule has 0 aromatic heterocycles. The molecule has 1 aliphatic carbocycles. The Labute approximate surface area is 90.3 Å². The Morgan fingerprint density at radius 3 is 2.60 bits per heavy atom. The molecule has 0 aromatic carbocycles. The Hall–Kier alpha value is -0.810. The van der Waals surface area contributed by atoms with Gasteiger partial charge in [-0.05, 0) is 40.0 Å². The Bertz CT molecular complexity index is 225. The van der Waals surface area contributed by atoms with E-state index >= 15 is 0 Å². The molecule has 3 N–H and O–H groups in total. The topological polar surface area (TPSA) is 73.6 Å². The van der Waals surface area contributed by atoms with Crippen LogP contribution in [0.15, 0.2) is 0 Å². The molecule has 1 rings (SSSR count). The fraction of sp³-hybridized carbons (Fsp3) is 0.900. The van der Waals surface area contributed by atoms with Crippen LogP contribution in [-0.4, -0.2) is 23.8 Å². The van der Waals surface area contributed by atoms with E-state index in [1.807, 2.05) is 20.8 Å². The number of carbonyl (C=O) groups is 1. The van der Waals surface area contributed by atoms with E-state index in [-0.39, 0.29) is 12.1 Å². The van der Waals surface area contributed by atoms with E-state index in [0.717, 1.165) is 19.3 Å². The van der Waals surface area contributed by atoms with E-state index in [0.29, 0.717) is 0 Å². The number of rotatable bonds is 2. The van der Waals surface area contributed by atoms with Crippen molar-refractivity contribution in [3.8, 4) is 0 Å². The maximum Gasteiger partial charge on any atom is 0.407 e. The van der Waals surface area contributed by atoms with E-state index in [1.54, 1.807) is 0 Å². The Morgan fingerprint density at radius 1 is 1.40 bits per heavy atom. The maximum absolute atomic E-state index is 11.4. The summed E-state index contributed by atoms with van der Waals surface area (Å²) in [6.07, 6.45) is 2.30. The van der Waals surface area contributed by atoms with Crippen molar-refractivity contribution in [3.63, 3.8) is 0 Å². The van der Waals surface area contributed by atoms with E-state index in [9.17, 15) is 4.79 Å². The number of alkyl carbamates (subject to hydrolysis) is 1.